The summed E-state index contributed by atoms with van der Waals surface area (Å²) in [5.41, 5.74) is 1.87. The summed E-state index contributed by atoms with van der Waals surface area (Å²) in [6.07, 6.45) is 1.42. The number of hydrogen-bond acceptors (Lipinski definition) is 7. The number of ether oxygens (including phenoxy) is 2. The number of phosphoric ester groups is 1. The number of rotatable bonds is 12. The van der Waals surface area contributed by atoms with Gasteiger partial charge in [0, 0.05) is 13.2 Å². The van der Waals surface area contributed by atoms with Crippen molar-refractivity contribution in [3.63, 3.8) is 0 Å². The minimum absolute atomic E-state index is 0.0347. The Morgan fingerprint density at radius 2 is 2.10 bits per heavy atom. The van der Waals surface area contributed by atoms with Gasteiger partial charge in [0.05, 0.1) is 18.6 Å². The summed E-state index contributed by atoms with van der Waals surface area (Å²) in [5.74, 6) is 0. The Morgan fingerprint density at radius 1 is 1.29 bits per heavy atom. The molecule has 0 aliphatic rings. The van der Waals surface area contributed by atoms with E-state index in [-0.39, 0.29) is 19.8 Å². The van der Waals surface area contributed by atoms with Crippen LogP contribution in [0.5, 0.6) is 0 Å². The zero-order valence-electron chi connectivity index (χ0n) is 12.3. The predicted molar refractivity (Wildman–Crippen MR) is 75.9 cm³/mol. The zero-order chi connectivity index (χ0) is 15.6. The normalized spacial score (nSPS) is 15.8. The topological polar surface area (TPSA) is 80.9 Å². The van der Waals surface area contributed by atoms with Gasteiger partial charge in [-0.3, -0.25) is 4.57 Å². The molecule has 9 heteroatoms. The van der Waals surface area contributed by atoms with Crippen LogP contribution in [0.1, 0.15) is 13.8 Å². The standard InChI is InChI=1S/C12H22NO6PS/c1-3-16-9-12(17-4-2)10-19-20(14,15)18-7-5-13-6-8-21-11-13/h6,8,11-12H,3-5,7,9-10H2,1-2H3/t12-/m0/s1. The third-order valence-corrected chi connectivity index (χ3v) is 4.09. The van der Waals surface area contributed by atoms with E-state index in [0.717, 1.165) is 0 Å². The molecule has 0 radical (unpaired) electrons. The molecule has 21 heavy (non-hydrogen) atoms. The molecule has 0 aliphatic heterocycles. The fourth-order valence-electron chi connectivity index (χ4n) is 1.49. The van der Waals surface area contributed by atoms with Crippen LogP contribution in [0.25, 0.3) is 0 Å². The van der Waals surface area contributed by atoms with Gasteiger partial charge in [-0.1, -0.05) is 11.3 Å². The van der Waals surface area contributed by atoms with E-state index in [4.69, 9.17) is 18.5 Å². The second kappa shape index (κ2) is 10.4. The van der Waals surface area contributed by atoms with Gasteiger partial charge in [0.25, 0.3) is 7.82 Å². The summed E-state index contributed by atoms with van der Waals surface area (Å²) < 4.78 is 33.6. The van der Waals surface area contributed by atoms with Gasteiger partial charge in [-0.05, 0) is 13.8 Å². The maximum Gasteiger partial charge on any atom is 0.268 e. The fraction of sp³-hybridized carbons (Fsp3) is 0.750. The molecule has 0 aliphatic carbocycles. The Labute approximate surface area is 129 Å². The lowest BCUT2D eigenvalue weighted by atomic mass is 10.4. The lowest BCUT2D eigenvalue weighted by molar-refractivity contribution is -0.693. The molecule has 0 fully saturated rings. The Hall–Kier alpha value is -0.340. The largest absolute Gasteiger partial charge is 0.756 e. The molecule has 0 bridgehead atoms. The van der Waals surface area contributed by atoms with E-state index in [0.29, 0.717) is 19.8 Å². The lowest BCUT2D eigenvalue weighted by Gasteiger charge is -2.25. The van der Waals surface area contributed by atoms with Gasteiger partial charge in [-0.2, -0.15) is 4.57 Å². The fourth-order valence-corrected chi connectivity index (χ4v) is 2.85. The number of thiazole rings is 1. The SMILES string of the molecule is CCOC[C@@H](COP(=O)([O-])OCC[n+]1ccsc1)OCC. The van der Waals surface area contributed by atoms with E-state index in [1.54, 1.807) is 0 Å². The monoisotopic (exact) mass is 339 g/mol. The highest BCUT2D eigenvalue weighted by Gasteiger charge is 2.16. The molecule has 1 unspecified atom stereocenters. The molecule has 2 atom stereocenters. The molecule has 0 N–H and O–H groups in total. The van der Waals surface area contributed by atoms with Gasteiger partial charge in [-0.25, -0.2) is 0 Å². The van der Waals surface area contributed by atoms with Crippen molar-refractivity contribution in [1.29, 1.82) is 0 Å². The first-order valence-corrected chi connectivity index (χ1v) is 9.18. The average Bonchev–Trinajstić information content (AvgIpc) is 2.95. The smallest absolute Gasteiger partial charge is 0.268 e. The average molecular weight is 339 g/mol. The molecule has 0 amide bonds. The van der Waals surface area contributed by atoms with E-state index in [1.807, 2.05) is 35.5 Å². The minimum Gasteiger partial charge on any atom is -0.756 e. The maximum atomic E-state index is 11.6. The first-order chi connectivity index (χ1) is 10.1. The third kappa shape index (κ3) is 8.63. The summed E-state index contributed by atoms with van der Waals surface area (Å²) >= 11 is 1.52. The molecule has 122 valence electrons. The van der Waals surface area contributed by atoms with Crippen LogP contribution in [0.4, 0.5) is 0 Å². The second-order valence-corrected chi connectivity index (χ2v) is 6.24. The maximum absolute atomic E-state index is 11.6. The molecule has 1 aromatic heterocycles. The molecular weight excluding hydrogens is 317 g/mol. The van der Waals surface area contributed by atoms with Crippen molar-refractivity contribution in [2.24, 2.45) is 0 Å². The van der Waals surface area contributed by atoms with Crippen LogP contribution in [-0.4, -0.2) is 39.1 Å². The van der Waals surface area contributed by atoms with Crippen LogP contribution >= 0.6 is 19.2 Å². The molecule has 0 spiro atoms. The van der Waals surface area contributed by atoms with Crippen molar-refractivity contribution in [3.05, 3.63) is 17.1 Å². The molecule has 1 aromatic rings. The molecule has 0 aromatic carbocycles. The van der Waals surface area contributed by atoms with Crippen LogP contribution < -0.4 is 9.46 Å². The van der Waals surface area contributed by atoms with Gasteiger partial charge in [0.1, 0.15) is 12.7 Å². The Morgan fingerprint density at radius 3 is 2.71 bits per heavy atom. The number of nitrogens with zero attached hydrogens (tertiary/aromatic N) is 1. The van der Waals surface area contributed by atoms with Crippen LogP contribution in [-0.2, 0) is 29.6 Å². The van der Waals surface area contributed by atoms with Gasteiger partial charge in [0.15, 0.2) is 12.7 Å². The highest BCUT2D eigenvalue weighted by molar-refractivity contribution is 7.45. The molecule has 7 nitrogen and oxygen atoms in total. The van der Waals surface area contributed by atoms with Crippen molar-refractivity contribution in [1.82, 2.24) is 0 Å². The van der Waals surface area contributed by atoms with Gasteiger partial charge in [0.2, 0.25) is 5.51 Å². The van der Waals surface area contributed by atoms with Crippen LogP contribution in [0, 0.1) is 0 Å². The van der Waals surface area contributed by atoms with Crippen LogP contribution in [0.3, 0.4) is 0 Å². The van der Waals surface area contributed by atoms with Crippen molar-refractivity contribution >= 4 is 19.2 Å². The molecule has 1 heterocycles. The van der Waals surface area contributed by atoms with E-state index in [9.17, 15) is 9.46 Å². The van der Waals surface area contributed by atoms with Gasteiger partial charge in [-0.15, -0.1) is 0 Å². The Balaban J connectivity index is 2.27. The lowest BCUT2D eigenvalue weighted by Crippen LogP contribution is -2.33. The summed E-state index contributed by atoms with van der Waals surface area (Å²) in [6.45, 7) is 5.33. The van der Waals surface area contributed by atoms with Crippen LogP contribution in [0.2, 0.25) is 0 Å². The highest BCUT2D eigenvalue weighted by atomic mass is 32.1. The molecular formula is C12H22NO6PS. The second-order valence-electron chi connectivity index (χ2n) is 4.08. The van der Waals surface area contributed by atoms with Crippen molar-refractivity contribution in [2.45, 2.75) is 26.5 Å². The first kappa shape index (κ1) is 18.7. The van der Waals surface area contributed by atoms with Gasteiger partial charge >= 0.3 is 0 Å². The number of aromatic nitrogens is 1. The molecule has 0 saturated carbocycles. The van der Waals surface area contributed by atoms with Gasteiger partial charge < -0.3 is 23.4 Å². The minimum atomic E-state index is -4.32. The quantitative estimate of drug-likeness (QED) is 0.417. The van der Waals surface area contributed by atoms with E-state index >= 15 is 0 Å². The summed E-state index contributed by atoms with van der Waals surface area (Å²) in [4.78, 5) is 11.6. The van der Waals surface area contributed by atoms with E-state index in [2.05, 4.69) is 0 Å². The first-order valence-electron chi connectivity index (χ1n) is 6.78. The van der Waals surface area contributed by atoms with E-state index < -0.39 is 13.9 Å². The number of hydrogen-bond donors (Lipinski definition) is 0. The highest BCUT2D eigenvalue weighted by Crippen LogP contribution is 2.38. The van der Waals surface area contributed by atoms with Crippen LogP contribution in [0.15, 0.2) is 17.1 Å². The third-order valence-electron chi connectivity index (χ3n) is 2.45. The number of phosphoric acid groups is 1. The van der Waals surface area contributed by atoms with Crippen molar-refractivity contribution in [3.8, 4) is 0 Å². The van der Waals surface area contributed by atoms with E-state index in [1.165, 1.54) is 11.3 Å². The Bertz CT molecular complexity index is 416. The summed E-state index contributed by atoms with van der Waals surface area (Å²) in [7, 11) is -4.32. The predicted octanol–water partition coefficient (Wildman–Crippen LogP) is 0.979. The molecule has 0 saturated heterocycles. The summed E-state index contributed by atoms with van der Waals surface area (Å²) in [6, 6.07) is 0. The van der Waals surface area contributed by atoms with Crippen molar-refractivity contribution in [2.75, 3.05) is 33.0 Å². The summed E-state index contributed by atoms with van der Waals surface area (Å²) in [5, 5.41) is 1.90. The van der Waals surface area contributed by atoms with Crippen molar-refractivity contribution < 1.29 is 32.5 Å². The zero-order valence-corrected chi connectivity index (χ0v) is 14.0. The Kier molecular flexibility index (Phi) is 9.26. The molecule has 1 rings (SSSR count).